The van der Waals surface area contributed by atoms with Crippen molar-refractivity contribution in [3.05, 3.63) is 48.6 Å². The Morgan fingerprint density at radius 3 is 2.14 bits per heavy atom. The van der Waals surface area contributed by atoms with E-state index in [0.29, 0.717) is 12.8 Å². The van der Waals surface area contributed by atoms with E-state index in [0.717, 1.165) is 64.2 Å². The van der Waals surface area contributed by atoms with Crippen LogP contribution in [0.4, 0.5) is 0 Å². The number of aliphatic hydroxyl groups is 2. The Morgan fingerprint density at radius 2 is 1.41 bits per heavy atom. The first-order valence-corrected chi connectivity index (χ1v) is 14.3. The number of allylic oxidation sites excluding steroid dienone is 7. The lowest BCUT2D eigenvalue weighted by atomic mass is 10.1. The van der Waals surface area contributed by atoms with E-state index < -0.39 is 12.1 Å². The summed E-state index contributed by atoms with van der Waals surface area (Å²) in [5.74, 6) is -0.705. The van der Waals surface area contributed by atoms with Gasteiger partial charge in [0.05, 0.1) is 12.7 Å². The Balaban J connectivity index is 3.82. The van der Waals surface area contributed by atoms with Gasteiger partial charge < -0.3 is 19.7 Å². The summed E-state index contributed by atoms with van der Waals surface area (Å²) in [6, 6.07) is 0. The Kier molecular flexibility index (Phi) is 25.3. The zero-order valence-corrected chi connectivity index (χ0v) is 23.3. The van der Waals surface area contributed by atoms with Crippen LogP contribution in [0.3, 0.4) is 0 Å². The third-order valence-corrected chi connectivity index (χ3v) is 5.73. The molecule has 0 rings (SSSR count). The van der Waals surface area contributed by atoms with Crippen LogP contribution < -0.4 is 0 Å². The van der Waals surface area contributed by atoms with Crippen molar-refractivity contribution in [3.8, 4) is 0 Å². The van der Waals surface area contributed by atoms with Crippen molar-refractivity contribution >= 4 is 11.9 Å². The van der Waals surface area contributed by atoms with Gasteiger partial charge in [0.1, 0.15) is 6.61 Å². The van der Waals surface area contributed by atoms with Gasteiger partial charge in [-0.05, 0) is 38.5 Å². The third kappa shape index (κ3) is 25.3. The second-order valence-corrected chi connectivity index (χ2v) is 9.32. The maximum absolute atomic E-state index is 12.0. The summed E-state index contributed by atoms with van der Waals surface area (Å²) < 4.78 is 10.3. The van der Waals surface area contributed by atoms with Gasteiger partial charge in [0, 0.05) is 12.8 Å². The molecule has 2 N–H and O–H groups in total. The van der Waals surface area contributed by atoms with Gasteiger partial charge in [-0.2, -0.15) is 0 Å². The van der Waals surface area contributed by atoms with Gasteiger partial charge in [-0.3, -0.25) is 9.59 Å². The molecule has 0 aliphatic carbocycles. The molecule has 0 amide bonds. The van der Waals surface area contributed by atoms with Crippen LogP contribution >= 0.6 is 0 Å². The van der Waals surface area contributed by atoms with Crippen LogP contribution in [0.5, 0.6) is 0 Å². The van der Waals surface area contributed by atoms with Crippen molar-refractivity contribution in [2.75, 3.05) is 13.2 Å². The van der Waals surface area contributed by atoms with Crippen molar-refractivity contribution in [1.82, 2.24) is 0 Å². The first-order chi connectivity index (χ1) is 18.0. The van der Waals surface area contributed by atoms with Crippen LogP contribution in [-0.4, -0.2) is 47.6 Å². The van der Waals surface area contributed by atoms with Crippen LogP contribution in [0.15, 0.2) is 48.6 Å². The molecule has 0 aliphatic rings. The van der Waals surface area contributed by atoms with Crippen LogP contribution in [-0.2, 0) is 19.1 Å². The molecule has 2 atom stereocenters. The highest BCUT2D eigenvalue weighted by Gasteiger charge is 2.15. The summed E-state index contributed by atoms with van der Waals surface area (Å²) in [6.45, 7) is 3.83. The van der Waals surface area contributed by atoms with Gasteiger partial charge in [0.15, 0.2) is 6.10 Å². The van der Waals surface area contributed by atoms with E-state index in [1.165, 1.54) is 12.8 Å². The monoisotopic (exact) mass is 520 g/mol. The molecule has 212 valence electrons. The van der Waals surface area contributed by atoms with Gasteiger partial charge in [0.2, 0.25) is 0 Å². The molecule has 0 spiro atoms. The molecule has 6 heteroatoms. The van der Waals surface area contributed by atoms with Crippen LogP contribution in [0.2, 0.25) is 0 Å². The van der Waals surface area contributed by atoms with Crippen molar-refractivity contribution in [3.63, 3.8) is 0 Å². The third-order valence-electron chi connectivity index (χ3n) is 5.73. The molecule has 0 radical (unpaired) electrons. The van der Waals surface area contributed by atoms with Gasteiger partial charge in [0.25, 0.3) is 0 Å². The highest BCUT2D eigenvalue weighted by Crippen LogP contribution is 2.08. The summed E-state index contributed by atoms with van der Waals surface area (Å²) in [7, 11) is 0. The summed E-state index contributed by atoms with van der Waals surface area (Å²) in [4.78, 5) is 23.7. The number of unbranched alkanes of at least 4 members (excludes halogenated alkanes) is 7. The van der Waals surface area contributed by atoms with E-state index in [4.69, 9.17) is 9.47 Å². The lowest BCUT2D eigenvalue weighted by molar-refractivity contribution is -0.161. The molecule has 0 unspecified atom stereocenters. The Labute approximate surface area is 225 Å². The largest absolute Gasteiger partial charge is 0.462 e. The van der Waals surface area contributed by atoms with Crippen LogP contribution in [0.25, 0.3) is 0 Å². The minimum Gasteiger partial charge on any atom is -0.462 e. The van der Waals surface area contributed by atoms with E-state index in [1.807, 2.05) is 24.3 Å². The predicted octanol–water partition coefficient (Wildman–Crippen LogP) is 6.91. The van der Waals surface area contributed by atoms with E-state index in [-0.39, 0.29) is 31.7 Å². The van der Waals surface area contributed by atoms with Crippen LogP contribution in [0, 0.1) is 0 Å². The number of ether oxygens (including phenoxy) is 2. The predicted molar refractivity (Wildman–Crippen MR) is 151 cm³/mol. The molecular weight excluding hydrogens is 468 g/mol. The van der Waals surface area contributed by atoms with Gasteiger partial charge in [-0.15, -0.1) is 0 Å². The maximum Gasteiger partial charge on any atom is 0.306 e. The second-order valence-electron chi connectivity index (χ2n) is 9.32. The van der Waals surface area contributed by atoms with Crippen molar-refractivity contribution in [2.45, 2.75) is 122 Å². The molecule has 0 saturated carbocycles. The fraction of sp³-hybridized carbons (Fsp3) is 0.677. The van der Waals surface area contributed by atoms with E-state index in [1.54, 1.807) is 0 Å². The summed E-state index contributed by atoms with van der Waals surface area (Å²) >= 11 is 0. The quantitative estimate of drug-likeness (QED) is 0.0622. The number of rotatable bonds is 24. The minimum absolute atomic E-state index is 0.102. The number of carbonyl (C=O) groups is 2. The first kappa shape index (κ1) is 34.8. The second kappa shape index (κ2) is 26.9. The summed E-state index contributed by atoms with van der Waals surface area (Å²) in [5, 5.41) is 19.2. The van der Waals surface area contributed by atoms with Gasteiger partial charge in [-0.1, -0.05) is 107 Å². The summed E-state index contributed by atoms with van der Waals surface area (Å²) in [6.07, 6.45) is 28.1. The van der Waals surface area contributed by atoms with Crippen molar-refractivity contribution < 1.29 is 29.3 Å². The molecule has 0 heterocycles. The average molecular weight is 521 g/mol. The Hall–Kier alpha value is -2.18. The molecule has 0 saturated heterocycles. The smallest absolute Gasteiger partial charge is 0.306 e. The highest BCUT2D eigenvalue weighted by molar-refractivity contribution is 5.70. The minimum atomic E-state index is -0.808. The van der Waals surface area contributed by atoms with Crippen molar-refractivity contribution in [1.29, 1.82) is 0 Å². The van der Waals surface area contributed by atoms with Crippen LogP contribution in [0.1, 0.15) is 110 Å². The molecular formula is C31H52O6. The zero-order chi connectivity index (χ0) is 27.4. The molecule has 0 aromatic rings. The number of hydrogen-bond donors (Lipinski definition) is 2. The Morgan fingerprint density at radius 1 is 0.757 bits per heavy atom. The van der Waals surface area contributed by atoms with E-state index in [9.17, 15) is 19.8 Å². The fourth-order valence-corrected chi connectivity index (χ4v) is 3.48. The van der Waals surface area contributed by atoms with E-state index in [2.05, 4.69) is 38.2 Å². The molecule has 0 aromatic carbocycles. The van der Waals surface area contributed by atoms with Gasteiger partial charge in [-0.25, -0.2) is 0 Å². The molecule has 0 fully saturated rings. The Bertz CT molecular complexity index is 665. The van der Waals surface area contributed by atoms with E-state index >= 15 is 0 Å². The SMILES string of the molecule is CCCCCCCC(=O)OC[C@H](CO)OC(=O)CCC/C=C\C/C=C\C/C=C\C=C\[C@@H](O)CCCCC. The molecule has 0 bridgehead atoms. The topological polar surface area (TPSA) is 93.1 Å². The molecule has 0 aromatic heterocycles. The number of aliphatic hydroxyl groups excluding tert-OH is 2. The standard InChI is InChI=1S/C31H52O6/c1-3-5-7-15-20-24-30(34)36-27-29(26-32)37-31(35)25-21-17-14-12-10-8-9-11-13-16-19-23-28(33)22-18-6-4-2/h8-9,12-14,16,19,23,28-29,32-33H,3-7,10-11,15,17-18,20-22,24-27H2,1-2H3/b9-8-,14-12-,16-13-,23-19+/t28-,29-/m0/s1. The molecule has 0 aliphatic heterocycles. The number of carbonyl (C=O) groups excluding carboxylic acids is 2. The van der Waals surface area contributed by atoms with Gasteiger partial charge >= 0.3 is 11.9 Å². The maximum atomic E-state index is 12.0. The average Bonchev–Trinajstić information content (AvgIpc) is 2.89. The van der Waals surface area contributed by atoms with Crippen molar-refractivity contribution in [2.24, 2.45) is 0 Å². The lowest BCUT2D eigenvalue weighted by Crippen LogP contribution is -2.28. The first-order valence-electron chi connectivity index (χ1n) is 14.3. The molecule has 6 nitrogen and oxygen atoms in total. The fourth-order valence-electron chi connectivity index (χ4n) is 3.48. The lowest BCUT2D eigenvalue weighted by Gasteiger charge is -2.15. The number of hydrogen-bond acceptors (Lipinski definition) is 6. The normalized spacial score (nSPS) is 13.7. The number of esters is 2. The highest BCUT2D eigenvalue weighted by atomic mass is 16.6. The molecule has 37 heavy (non-hydrogen) atoms. The zero-order valence-electron chi connectivity index (χ0n) is 23.3. The summed E-state index contributed by atoms with van der Waals surface area (Å²) in [5.41, 5.74) is 0.